The van der Waals surface area contributed by atoms with Gasteiger partial charge in [0.25, 0.3) is 5.91 Å². The predicted octanol–water partition coefficient (Wildman–Crippen LogP) is 4.21. The minimum absolute atomic E-state index is 0.0722. The van der Waals surface area contributed by atoms with Crippen LogP contribution in [0.2, 0.25) is 0 Å². The van der Waals surface area contributed by atoms with Gasteiger partial charge in [-0.05, 0) is 49.7 Å². The largest absolute Gasteiger partial charge is 0.484 e. The van der Waals surface area contributed by atoms with Crippen molar-refractivity contribution in [3.63, 3.8) is 0 Å². The normalized spacial score (nSPS) is 11.0. The summed E-state index contributed by atoms with van der Waals surface area (Å²) in [5.41, 5.74) is 0.503. The molecule has 27 heavy (non-hydrogen) atoms. The second-order valence-corrected chi connectivity index (χ2v) is 5.61. The molecule has 2 rings (SSSR count). The molecule has 0 fully saturated rings. The smallest absolute Gasteiger partial charge is 0.416 e. The topological polar surface area (TPSA) is 64.6 Å². The van der Waals surface area contributed by atoms with Crippen LogP contribution in [0.3, 0.4) is 0 Å². The Labute approximate surface area is 154 Å². The van der Waals surface area contributed by atoms with Crippen molar-refractivity contribution in [3.05, 3.63) is 59.2 Å². The van der Waals surface area contributed by atoms with E-state index in [0.29, 0.717) is 11.3 Å². The first-order valence-electron chi connectivity index (χ1n) is 8.08. The number of hydrogen-bond acceptors (Lipinski definition) is 4. The molecule has 0 radical (unpaired) electrons. The highest BCUT2D eigenvalue weighted by molar-refractivity contribution is 5.95. The Morgan fingerprint density at radius 2 is 1.85 bits per heavy atom. The SMILES string of the molecule is CCOC(=O)c1ccc(C)c(NC(=O)COc2cccc(C(F)(F)F)c2)c1. The summed E-state index contributed by atoms with van der Waals surface area (Å²) in [4.78, 5) is 23.8. The lowest BCUT2D eigenvalue weighted by molar-refractivity contribution is -0.137. The van der Waals surface area contributed by atoms with Gasteiger partial charge in [-0.2, -0.15) is 13.2 Å². The standard InChI is InChI=1S/C19H18F3NO4/c1-3-26-18(25)13-8-7-12(2)16(9-13)23-17(24)11-27-15-6-4-5-14(10-15)19(20,21)22/h4-10H,3,11H2,1-2H3,(H,23,24). The van der Waals surface area contributed by atoms with E-state index in [-0.39, 0.29) is 17.9 Å². The molecular formula is C19H18F3NO4. The molecular weight excluding hydrogens is 363 g/mol. The third kappa shape index (κ3) is 5.73. The zero-order valence-corrected chi connectivity index (χ0v) is 14.7. The molecule has 0 bridgehead atoms. The van der Waals surface area contributed by atoms with Gasteiger partial charge in [0.1, 0.15) is 5.75 Å². The Morgan fingerprint density at radius 3 is 2.52 bits per heavy atom. The van der Waals surface area contributed by atoms with Crippen LogP contribution < -0.4 is 10.1 Å². The van der Waals surface area contributed by atoms with E-state index in [4.69, 9.17) is 9.47 Å². The molecule has 0 saturated carbocycles. The van der Waals surface area contributed by atoms with Gasteiger partial charge in [0, 0.05) is 5.69 Å². The lowest BCUT2D eigenvalue weighted by Crippen LogP contribution is -2.21. The highest BCUT2D eigenvalue weighted by Crippen LogP contribution is 2.31. The minimum atomic E-state index is -4.49. The van der Waals surface area contributed by atoms with Crippen molar-refractivity contribution in [2.45, 2.75) is 20.0 Å². The van der Waals surface area contributed by atoms with E-state index in [1.165, 1.54) is 18.2 Å². The number of carbonyl (C=O) groups is 2. The summed E-state index contributed by atoms with van der Waals surface area (Å²) in [5, 5.41) is 2.57. The third-order valence-electron chi connectivity index (χ3n) is 3.55. The zero-order valence-electron chi connectivity index (χ0n) is 14.7. The van der Waals surface area contributed by atoms with E-state index < -0.39 is 30.2 Å². The Hall–Kier alpha value is -3.03. The van der Waals surface area contributed by atoms with Crippen molar-refractivity contribution < 1.29 is 32.2 Å². The van der Waals surface area contributed by atoms with Crippen LogP contribution in [0.5, 0.6) is 5.75 Å². The van der Waals surface area contributed by atoms with Gasteiger partial charge in [0.15, 0.2) is 6.61 Å². The summed E-state index contributed by atoms with van der Waals surface area (Å²) in [5.74, 6) is -1.17. The Morgan fingerprint density at radius 1 is 1.11 bits per heavy atom. The maximum Gasteiger partial charge on any atom is 0.416 e. The van der Waals surface area contributed by atoms with Crippen molar-refractivity contribution in [3.8, 4) is 5.75 Å². The fourth-order valence-electron chi connectivity index (χ4n) is 2.20. The van der Waals surface area contributed by atoms with Crippen LogP contribution in [0.1, 0.15) is 28.4 Å². The van der Waals surface area contributed by atoms with E-state index in [9.17, 15) is 22.8 Å². The number of alkyl halides is 3. The zero-order chi connectivity index (χ0) is 20.0. The number of nitrogens with one attached hydrogen (secondary N) is 1. The molecule has 8 heteroatoms. The van der Waals surface area contributed by atoms with Crippen molar-refractivity contribution >= 4 is 17.6 Å². The molecule has 0 aliphatic carbocycles. The van der Waals surface area contributed by atoms with Crippen LogP contribution in [0, 0.1) is 6.92 Å². The van der Waals surface area contributed by atoms with Crippen molar-refractivity contribution in [1.29, 1.82) is 0 Å². The summed E-state index contributed by atoms with van der Waals surface area (Å²) < 4.78 is 48.1. The molecule has 0 aliphatic heterocycles. The monoisotopic (exact) mass is 381 g/mol. The Bertz CT molecular complexity index is 834. The molecule has 0 saturated heterocycles. The molecule has 0 aliphatic rings. The Kier molecular flexibility index (Phi) is 6.44. The van der Waals surface area contributed by atoms with E-state index in [1.807, 2.05) is 0 Å². The number of hydrogen-bond donors (Lipinski definition) is 1. The second kappa shape index (κ2) is 8.57. The molecule has 144 valence electrons. The Balaban J connectivity index is 2.02. The van der Waals surface area contributed by atoms with Gasteiger partial charge in [-0.3, -0.25) is 4.79 Å². The molecule has 0 heterocycles. The first-order valence-corrected chi connectivity index (χ1v) is 8.08. The van der Waals surface area contributed by atoms with Crippen LogP contribution in [-0.2, 0) is 15.7 Å². The van der Waals surface area contributed by atoms with E-state index in [1.54, 1.807) is 26.0 Å². The second-order valence-electron chi connectivity index (χ2n) is 5.61. The summed E-state index contributed by atoms with van der Waals surface area (Å²) in [7, 11) is 0. The number of benzene rings is 2. The number of rotatable bonds is 6. The molecule has 0 unspecified atom stereocenters. The molecule has 1 amide bonds. The molecule has 2 aromatic carbocycles. The van der Waals surface area contributed by atoms with Crippen LogP contribution in [-0.4, -0.2) is 25.1 Å². The van der Waals surface area contributed by atoms with Gasteiger partial charge in [-0.25, -0.2) is 4.79 Å². The van der Waals surface area contributed by atoms with Gasteiger partial charge >= 0.3 is 12.1 Å². The molecule has 2 aromatic rings. The fourth-order valence-corrected chi connectivity index (χ4v) is 2.20. The fraction of sp³-hybridized carbons (Fsp3) is 0.263. The van der Waals surface area contributed by atoms with Gasteiger partial charge in [-0.15, -0.1) is 0 Å². The lowest BCUT2D eigenvalue weighted by Gasteiger charge is -2.12. The van der Waals surface area contributed by atoms with Crippen LogP contribution in [0.15, 0.2) is 42.5 Å². The number of ether oxygens (including phenoxy) is 2. The first-order chi connectivity index (χ1) is 12.7. The van der Waals surface area contributed by atoms with E-state index >= 15 is 0 Å². The molecule has 0 spiro atoms. The number of aryl methyl sites for hydroxylation is 1. The van der Waals surface area contributed by atoms with Crippen molar-refractivity contribution in [1.82, 2.24) is 0 Å². The molecule has 0 atom stereocenters. The van der Waals surface area contributed by atoms with Crippen LogP contribution >= 0.6 is 0 Å². The summed E-state index contributed by atoms with van der Waals surface area (Å²) in [6.07, 6.45) is -4.49. The summed E-state index contributed by atoms with van der Waals surface area (Å²) >= 11 is 0. The number of esters is 1. The lowest BCUT2D eigenvalue weighted by atomic mass is 10.1. The van der Waals surface area contributed by atoms with Crippen LogP contribution in [0.25, 0.3) is 0 Å². The minimum Gasteiger partial charge on any atom is -0.484 e. The maximum atomic E-state index is 12.7. The molecule has 5 nitrogen and oxygen atoms in total. The number of amides is 1. The number of carbonyl (C=O) groups excluding carboxylic acids is 2. The average Bonchev–Trinajstić information content (AvgIpc) is 2.61. The highest BCUT2D eigenvalue weighted by atomic mass is 19.4. The first kappa shape index (κ1) is 20.3. The highest BCUT2D eigenvalue weighted by Gasteiger charge is 2.30. The van der Waals surface area contributed by atoms with E-state index in [2.05, 4.69) is 5.32 Å². The summed E-state index contributed by atoms with van der Waals surface area (Å²) in [6, 6.07) is 8.95. The van der Waals surface area contributed by atoms with Gasteiger partial charge < -0.3 is 14.8 Å². The summed E-state index contributed by atoms with van der Waals surface area (Å²) in [6.45, 7) is 3.15. The number of halogens is 3. The number of anilines is 1. The third-order valence-corrected chi connectivity index (χ3v) is 3.55. The van der Waals surface area contributed by atoms with Crippen molar-refractivity contribution in [2.24, 2.45) is 0 Å². The predicted molar refractivity (Wildman–Crippen MR) is 92.7 cm³/mol. The quantitative estimate of drug-likeness (QED) is 0.762. The van der Waals surface area contributed by atoms with Gasteiger partial charge in [-0.1, -0.05) is 12.1 Å². The van der Waals surface area contributed by atoms with Gasteiger partial charge in [0.2, 0.25) is 0 Å². The van der Waals surface area contributed by atoms with E-state index in [0.717, 1.165) is 12.1 Å². The van der Waals surface area contributed by atoms with Gasteiger partial charge in [0.05, 0.1) is 17.7 Å². The molecule has 0 aromatic heterocycles. The van der Waals surface area contributed by atoms with Crippen LogP contribution in [0.4, 0.5) is 18.9 Å². The maximum absolute atomic E-state index is 12.7. The average molecular weight is 381 g/mol. The van der Waals surface area contributed by atoms with Crippen molar-refractivity contribution in [2.75, 3.05) is 18.5 Å². The molecule has 1 N–H and O–H groups in total.